The van der Waals surface area contributed by atoms with Crippen LogP contribution in [-0.2, 0) is 10.0 Å². The van der Waals surface area contributed by atoms with Crippen LogP contribution in [0.3, 0.4) is 0 Å². The van der Waals surface area contributed by atoms with Gasteiger partial charge < -0.3 is 10.1 Å². The largest absolute Gasteiger partial charge is 0.495 e. The van der Waals surface area contributed by atoms with E-state index >= 15 is 0 Å². The van der Waals surface area contributed by atoms with Gasteiger partial charge in [0.15, 0.2) is 0 Å². The van der Waals surface area contributed by atoms with E-state index in [4.69, 9.17) is 4.74 Å². The number of methoxy groups -OCH3 is 1. The highest BCUT2D eigenvalue weighted by Gasteiger charge is 2.35. The first-order valence-corrected chi connectivity index (χ1v) is 9.90. The number of hydrogen-bond acceptors (Lipinski definition) is 6. The number of benzene rings is 2. The summed E-state index contributed by atoms with van der Waals surface area (Å²) in [7, 11) is -0.671. The van der Waals surface area contributed by atoms with Crippen LogP contribution in [0.4, 0.5) is 11.4 Å². The molecule has 2 aromatic carbocycles. The Bertz CT molecular complexity index is 1020. The molecular formula is C18H19N3O6S. The fraction of sp³-hybridized carbons (Fsp3) is 0.278. The second kappa shape index (κ2) is 7.56. The summed E-state index contributed by atoms with van der Waals surface area (Å²) in [5.41, 5.74) is 0.161. The molecule has 3 rings (SSSR count). The average molecular weight is 405 g/mol. The number of carbonyl (C=O) groups excluding carboxylic acids is 1. The van der Waals surface area contributed by atoms with Crippen molar-refractivity contribution >= 4 is 27.3 Å². The molecule has 0 atom stereocenters. The number of amides is 1. The van der Waals surface area contributed by atoms with Gasteiger partial charge in [0.25, 0.3) is 11.6 Å². The molecule has 10 heteroatoms. The summed E-state index contributed by atoms with van der Waals surface area (Å²) in [6, 6.07) is 9.41. The van der Waals surface area contributed by atoms with Crippen LogP contribution < -0.4 is 10.1 Å². The van der Waals surface area contributed by atoms with E-state index < -0.39 is 20.9 Å². The zero-order valence-corrected chi connectivity index (χ0v) is 16.1. The van der Waals surface area contributed by atoms with Gasteiger partial charge in [0.05, 0.1) is 22.6 Å². The van der Waals surface area contributed by atoms with E-state index in [1.807, 2.05) is 0 Å². The molecule has 0 aromatic heterocycles. The Morgan fingerprint density at radius 2 is 1.86 bits per heavy atom. The Balaban J connectivity index is 1.80. The number of carbonyl (C=O) groups is 1. The molecule has 148 valence electrons. The van der Waals surface area contributed by atoms with Gasteiger partial charge in [-0.15, -0.1) is 0 Å². The van der Waals surface area contributed by atoms with Crippen LogP contribution >= 0.6 is 0 Å². The average Bonchev–Trinajstić information content (AvgIpc) is 3.52. The summed E-state index contributed by atoms with van der Waals surface area (Å²) in [6.07, 6.45) is 1.70. The first-order valence-electron chi connectivity index (χ1n) is 8.46. The molecule has 0 spiro atoms. The predicted octanol–water partition coefficient (Wildman–Crippen LogP) is 2.64. The maximum atomic E-state index is 12.5. The number of nitrogens with one attached hydrogen (secondary N) is 1. The lowest BCUT2D eigenvalue weighted by Crippen LogP contribution is -2.29. The van der Waals surface area contributed by atoms with Gasteiger partial charge in [0.1, 0.15) is 5.75 Å². The van der Waals surface area contributed by atoms with Gasteiger partial charge in [-0.2, -0.15) is 4.31 Å². The number of nitro benzene ring substituents is 1. The van der Waals surface area contributed by atoms with Crippen LogP contribution in [0.15, 0.2) is 47.4 Å². The zero-order chi connectivity index (χ0) is 20.5. The van der Waals surface area contributed by atoms with Gasteiger partial charge in [0, 0.05) is 30.8 Å². The van der Waals surface area contributed by atoms with Crippen LogP contribution in [0, 0.1) is 10.1 Å². The maximum Gasteiger partial charge on any atom is 0.271 e. The number of nitro groups is 1. The number of ether oxygens (including phenoxy) is 1. The second-order valence-electron chi connectivity index (χ2n) is 6.37. The monoisotopic (exact) mass is 405 g/mol. The summed E-state index contributed by atoms with van der Waals surface area (Å²) >= 11 is 0. The van der Waals surface area contributed by atoms with E-state index in [9.17, 15) is 23.3 Å². The number of hydrogen-bond donors (Lipinski definition) is 1. The third kappa shape index (κ3) is 3.97. The van der Waals surface area contributed by atoms with Crippen molar-refractivity contribution in [2.45, 2.75) is 23.8 Å². The van der Waals surface area contributed by atoms with Crippen molar-refractivity contribution < 1.29 is 22.9 Å². The summed E-state index contributed by atoms with van der Waals surface area (Å²) in [5, 5.41) is 13.5. The lowest BCUT2D eigenvalue weighted by Gasteiger charge is -2.16. The van der Waals surface area contributed by atoms with Crippen molar-refractivity contribution in [1.82, 2.24) is 4.31 Å². The zero-order valence-electron chi connectivity index (χ0n) is 15.3. The molecule has 9 nitrogen and oxygen atoms in total. The molecule has 1 N–H and O–H groups in total. The standard InChI is InChI=1S/C18H19N3O6S/c1-20(13-5-6-13)28(25,26)15-8-3-12(4-9-15)18(22)19-16-11-14(21(23)24)7-10-17(16)27-2/h3-4,7-11,13H,5-6H2,1-2H3,(H,19,22). The fourth-order valence-electron chi connectivity index (χ4n) is 2.68. The van der Waals surface area contributed by atoms with E-state index in [1.165, 1.54) is 53.9 Å². The van der Waals surface area contributed by atoms with E-state index in [1.54, 1.807) is 7.05 Å². The molecule has 1 aliphatic rings. The highest BCUT2D eigenvalue weighted by atomic mass is 32.2. The van der Waals surface area contributed by atoms with Crippen LogP contribution in [0.25, 0.3) is 0 Å². The minimum Gasteiger partial charge on any atom is -0.495 e. The normalized spacial score (nSPS) is 14.0. The molecule has 1 amide bonds. The quantitative estimate of drug-likeness (QED) is 0.559. The van der Waals surface area contributed by atoms with E-state index in [-0.39, 0.29) is 33.6 Å². The van der Waals surface area contributed by atoms with Crippen molar-refractivity contribution in [2.24, 2.45) is 0 Å². The smallest absolute Gasteiger partial charge is 0.271 e. The SMILES string of the molecule is COc1ccc([N+](=O)[O-])cc1NC(=O)c1ccc(S(=O)(=O)N(C)C2CC2)cc1. The van der Waals surface area contributed by atoms with Crippen molar-refractivity contribution in [3.63, 3.8) is 0 Å². The Kier molecular flexibility index (Phi) is 5.34. The Morgan fingerprint density at radius 1 is 1.21 bits per heavy atom. The molecule has 0 aliphatic heterocycles. The Hall–Kier alpha value is -2.98. The second-order valence-corrected chi connectivity index (χ2v) is 8.37. The molecule has 28 heavy (non-hydrogen) atoms. The minimum atomic E-state index is -3.60. The van der Waals surface area contributed by atoms with Crippen LogP contribution in [0.1, 0.15) is 23.2 Å². The van der Waals surface area contributed by atoms with Crippen molar-refractivity contribution in [3.05, 3.63) is 58.1 Å². The van der Waals surface area contributed by atoms with Gasteiger partial charge in [-0.3, -0.25) is 14.9 Å². The molecule has 1 fully saturated rings. The van der Waals surface area contributed by atoms with Crippen molar-refractivity contribution in [3.8, 4) is 5.75 Å². The van der Waals surface area contributed by atoms with Crippen molar-refractivity contribution in [1.29, 1.82) is 0 Å². The molecule has 1 aliphatic carbocycles. The summed E-state index contributed by atoms with van der Waals surface area (Å²) in [5.74, 6) is -0.275. The van der Waals surface area contributed by atoms with E-state index in [0.717, 1.165) is 12.8 Å². The van der Waals surface area contributed by atoms with Gasteiger partial charge in [-0.25, -0.2) is 8.42 Å². The topological polar surface area (TPSA) is 119 Å². The predicted molar refractivity (Wildman–Crippen MR) is 102 cm³/mol. The molecule has 0 bridgehead atoms. The van der Waals surface area contributed by atoms with Crippen LogP contribution in [0.2, 0.25) is 0 Å². The van der Waals surface area contributed by atoms with Gasteiger partial charge >= 0.3 is 0 Å². The summed E-state index contributed by atoms with van der Waals surface area (Å²) < 4.78 is 31.5. The number of rotatable bonds is 7. The number of nitrogens with zero attached hydrogens (tertiary/aromatic N) is 2. The molecule has 1 saturated carbocycles. The third-order valence-electron chi connectivity index (χ3n) is 4.50. The van der Waals surface area contributed by atoms with Crippen molar-refractivity contribution in [2.75, 3.05) is 19.5 Å². The fourth-order valence-corrected chi connectivity index (χ4v) is 4.10. The number of sulfonamides is 1. The highest BCUT2D eigenvalue weighted by Crippen LogP contribution is 2.31. The minimum absolute atomic E-state index is 0.0364. The van der Waals surface area contributed by atoms with Crippen LogP contribution in [0.5, 0.6) is 5.75 Å². The highest BCUT2D eigenvalue weighted by molar-refractivity contribution is 7.89. The molecular weight excluding hydrogens is 386 g/mol. The maximum absolute atomic E-state index is 12.5. The van der Waals surface area contributed by atoms with Gasteiger partial charge in [0.2, 0.25) is 10.0 Å². The Labute approximate surface area is 162 Å². The number of anilines is 1. The van der Waals surface area contributed by atoms with Gasteiger partial charge in [-0.1, -0.05) is 0 Å². The molecule has 0 saturated heterocycles. The first-order chi connectivity index (χ1) is 13.2. The molecule has 2 aromatic rings. The lowest BCUT2D eigenvalue weighted by atomic mass is 10.2. The number of non-ortho nitro benzene ring substituents is 1. The van der Waals surface area contributed by atoms with Crippen LogP contribution in [-0.4, -0.2) is 43.8 Å². The first kappa shape index (κ1) is 19.8. The van der Waals surface area contributed by atoms with E-state index in [2.05, 4.69) is 5.32 Å². The molecule has 0 radical (unpaired) electrons. The summed E-state index contributed by atoms with van der Waals surface area (Å²) in [6.45, 7) is 0. The Morgan fingerprint density at radius 3 is 2.39 bits per heavy atom. The summed E-state index contributed by atoms with van der Waals surface area (Å²) in [4.78, 5) is 22.9. The molecule has 0 unspecified atom stereocenters. The third-order valence-corrected chi connectivity index (χ3v) is 6.42. The molecule has 0 heterocycles. The van der Waals surface area contributed by atoms with Gasteiger partial charge in [-0.05, 0) is 43.2 Å². The lowest BCUT2D eigenvalue weighted by molar-refractivity contribution is -0.384. The van der Waals surface area contributed by atoms with E-state index in [0.29, 0.717) is 0 Å².